The Morgan fingerprint density at radius 1 is 0.971 bits per heavy atom. The third-order valence-electron chi connectivity index (χ3n) is 5.43. The van der Waals surface area contributed by atoms with Crippen LogP contribution in [0.3, 0.4) is 0 Å². The predicted octanol–water partition coefficient (Wildman–Crippen LogP) is 4.73. The first-order chi connectivity index (χ1) is 16.4. The van der Waals surface area contributed by atoms with E-state index in [1.54, 1.807) is 0 Å². The summed E-state index contributed by atoms with van der Waals surface area (Å²) in [5.41, 5.74) is 5.40. The van der Waals surface area contributed by atoms with Crippen LogP contribution >= 0.6 is 0 Å². The average Bonchev–Trinajstić information content (AvgIpc) is 3.33. The van der Waals surface area contributed by atoms with E-state index >= 15 is 0 Å². The van der Waals surface area contributed by atoms with Gasteiger partial charge in [-0.1, -0.05) is 41.6 Å². The topological polar surface area (TPSA) is 94.3 Å². The van der Waals surface area contributed by atoms with Crippen LogP contribution in [-0.4, -0.2) is 35.7 Å². The number of esters is 1. The van der Waals surface area contributed by atoms with Crippen LogP contribution in [0.5, 0.6) is 0 Å². The zero-order valence-electron chi connectivity index (χ0n) is 18.9. The van der Waals surface area contributed by atoms with Gasteiger partial charge in [0.15, 0.2) is 0 Å². The molecule has 0 radical (unpaired) electrons. The number of carbonyl (C=O) groups is 2. The number of halogens is 1. The quantitative estimate of drug-likeness (QED) is 0.419. The van der Waals surface area contributed by atoms with E-state index in [4.69, 9.17) is 4.52 Å². The Bertz CT molecular complexity index is 1380. The number of nitrogens with one attached hydrogen (secondary N) is 1. The molecule has 0 atom stereocenters. The normalized spacial score (nSPS) is 10.7. The lowest BCUT2D eigenvalue weighted by molar-refractivity contribution is -0.139. The third-order valence-corrected chi connectivity index (χ3v) is 5.43. The molecule has 4 aromatic rings. The van der Waals surface area contributed by atoms with E-state index in [9.17, 15) is 14.0 Å². The van der Waals surface area contributed by atoms with Crippen LogP contribution in [0.1, 0.15) is 21.5 Å². The molecular formula is C26H22FN3O4. The third kappa shape index (κ3) is 4.71. The van der Waals surface area contributed by atoms with Crippen molar-refractivity contribution in [1.82, 2.24) is 15.5 Å². The lowest BCUT2D eigenvalue weighted by atomic mass is 9.95. The molecule has 172 valence electrons. The van der Waals surface area contributed by atoms with Crippen LogP contribution in [0.2, 0.25) is 0 Å². The van der Waals surface area contributed by atoms with Crippen molar-refractivity contribution in [1.29, 1.82) is 0 Å². The number of benzene rings is 3. The fraction of sp³-hybridized carbons (Fsp3) is 0.154. The molecular weight excluding hydrogens is 437 g/mol. The number of aryl methyl sites for hydroxylation is 2. The minimum atomic E-state index is -0.773. The summed E-state index contributed by atoms with van der Waals surface area (Å²) >= 11 is 0. The molecule has 1 amide bonds. The molecule has 0 unspecified atom stereocenters. The van der Waals surface area contributed by atoms with Gasteiger partial charge in [-0.25, -0.2) is 4.39 Å². The van der Waals surface area contributed by atoms with Crippen molar-refractivity contribution in [3.8, 4) is 34.0 Å². The number of rotatable bonds is 6. The summed E-state index contributed by atoms with van der Waals surface area (Å²) in [6.45, 7) is 3.73. The molecule has 7 nitrogen and oxygen atoms in total. The number of aromatic nitrogens is 2. The molecule has 3 aromatic carbocycles. The van der Waals surface area contributed by atoms with Crippen LogP contribution in [0.4, 0.5) is 4.39 Å². The van der Waals surface area contributed by atoms with Gasteiger partial charge < -0.3 is 14.6 Å². The van der Waals surface area contributed by atoms with Crippen LogP contribution in [0.15, 0.2) is 65.2 Å². The Labute approximate surface area is 195 Å². The second-order valence-electron chi connectivity index (χ2n) is 7.72. The maximum Gasteiger partial charge on any atom is 0.325 e. The largest absolute Gasteiger partial charge is 0.468 e. The van der Waals surface area contributed by atoms with E-state index in [0.717, 1.165) is 28.3 Å². The summed E-state index contributed by atoms with van der Waals surface area (Å²) in [6.07, 6.45) is 0. The molecule has 0 aliphatic carbocycles. The maximum atomic E-state index is 14.6. The summed E-state index contributed by atoms with van der Waals surface area (Å²) in [7, 11) is 1.20. The fourth-order valence-corrected chi connectivity index (χ4v) is 3.59. The second-order valence-corrected chi connectivity index (χ2v) is 7.72. The molecule has 1 heterocycles. The lowest BCUT2D eigenvalue weighted by Crippen LogP contribution is -2.30. The van der Waals surface area contributed by atoms with Gasteiger partial charge in [-0.15, -0.1) is 0 Å². The average molecular weight is 459 g/mol. The van der Waals surface area contributed by atoms with Crippen molar-refractivity contribution in [2.24, 2.45) is 0 Å². The Kier molecular flexibility index (Phi) is 6.49. The van der Waals surface area contributed by atoms with E-state index in [1.807, 2.05) is 37.3 Å². The molecule has 0 spiro atoms. The molecule has 0 aliphatic heterocycles. The minimum Gasteiger partial charge on any atom is -0.468 e. The number of nitrogens with zero attached hydrogens (tertiary/aromatic N) is 2. The summed E-state index contributed by atoms with van der Waals surface area (Å²) in [4.78, 5) is 27.6. The zero-order chi connectivity index (χ0) is 24.2. The molecule has 0 saturated carbocycles. The predicted molar refractivity (Wildman–Crippen MR) is 124 cm³/mol. The fourth-order valence-electron chi connectivity index (χ4n) is 3.59. The molecule has 1 N–H and O–H groups in total. The number of carbonyl (C=O) groups excluding carboxylic acids is 2. The van der Waals surface area contributed by atoms with Gasteiger partial charge in [-0.2, -0.15) is 4.98 Å². The highest BCUT2D eigenvalue weighted by molar-refractivity contribution is 5.96. The van der Waals surface area contributed by atoms with Gasteiger partial charge in [0.25, 0.3) is 11.8 Å². The van der Waals surface area contributed by atoms with Gasteiger partial charge in [0.05, 0.1) is 12.7 Å². The van der Waals surface area contributed by atoms with Crippen LogP contribution < -0.4 is 5.32 Å². The van der Waals surface area contributed by atoms with Crippen molar-refractivity contribution in [2.75, 3.05) is 13.7 Å². The minimum absolute atomic E-state index is 0.191. The van der Waals surface area contributed by atoms with Crippen molar-refractivity contribution in [3.05, 3.63) is 83.2 Å². The van der Waals surface area contributed by atoms with Crippen LogP contribution in [0.25, 0.3) is 34.0 Å². The summed E-state index contributed by atoms with van der Waals surface area (Å²) in [6, 6.07) is 18.0. The highest BCUT2D eigenvalue weighted by Gasteiger charge is 2.17. The number of amides is 1. The van der Waals surface area contributed by atoms with Crippen molar-refractivity contribution < 1.29 is 23.2 Å². The van der Waals surface area contributed by atoms with E-state index < -0.39 is 17.7 Å². The van der Waals surface area contributed by atoms with Crippen LogP contribution in [0, 0.1) is 19.7 Å². The molecule has 8 heteroatoms. The number of hydrogen-bond donors (Lipinski definition) is 1. The molecule has 0 saturated heterocycles. The van der Waals surface area contributed by atoms with E-state index in [1.165, 1.54) is 24.8 Å². The molecule has 4 rings (SSSR count). The molecule has 34 heavy (non-hydrogen) atoms. The maximum absolute atomic E-state index is 14.6. The Balaban J connectivity index is 1.55. The Morgan fingerprint density at radius 3 is 2.41 bits per heavy atom. The second kappa shape index (κ2) is 9.66. The number of methoxy groups -OCH3 is 1. The van der Waals surface area contributed by atoms with E-state index in [0.29, 0.717) is 11.5 Å². The van der Waals surface area contributed by atoms with Crippen LogP contribution in [-0.2, 0) is 9.53 Å². The highest BCUT2D eigenvalue weighted by atomic mass is 19.1. The molecule has 0 aliphatic rings. The molecule has 0 fully saturated rings. The first-order valence-corrected chi connectivity index (χ1v) is 10.5. The molecule has 0 bridgehead atoms. The standard InChI is InChI=1S/C26H22FN3O4/c1-15-6-4-5-7-19(15)20-10-9-18(12-16(20)2)26-29-24(30-34-26)17-8-11-21(22(27)13-17)25(32)28-14-23(31)33-3/h4-13H,14H2,1-3H3,(H,28,32). The number of ether oxygens (including phenoxy) is 1. The summed E-state index contributed by atoms with van der Waals surface area (Å²) < 4.78 is 24.4. The van der Waals surface area contributed by atoms with E-state index in [2.05, 4.69) is 39.3 Å². The smallest absolute Gasteiger partial charge is 0.325 e. The van der Waals surface area contributed by atoms with Crippen molar-refractivity contribution >= 4 is 11.9 Å². The van der Waals surface area contributed by atoms with Gasteiger partial charge in [-0.05, 0) is 60.4 Å². The van der Waals surface area contributed by atoms with E-state index in [-0.39, 0.29) is 17.9 Å². The summed E-state index contributed by atoms with van der Waals surface area (Å²) in [5, 5.41) is 6.26. The summed E-state index contributed by atoms with van der Waals surface area (Å²) in [5.74, 6) is -1.64. The molecule has 1 aromatic heterocycles. The number of hydrogen-bond acceptors (Lipinski definition) is 6. The van der Waals surface area contributed by atoms with Gasteiger partial charge in [0.2, 0.25) is 5.82 Å². The first-order valence-electron chi connectivity index (χ1n) is 10.5. The van der Waals surface area contributed by atoms with Gasteiger partial charge in [-0.3, -0.25) is 9.59 Å². The lowest BCUT2D eigenvalue weighted by Gasteiger charge is -2.10. The SMILES string of the molecule is COC(=O)CNC(=O)c1ccc(-c2noc(-c3ccc(-c4ccccc4C)c(C)c3)n2)cc1F. The zero-order valence-corrected chi connectivity index (χ0v) is 18.9. The highest BCUT2D eigenvalue weighted by Crippen LogP contribution is 2.31. The monoisotopic (exact) mass is 459 g/mol. The van der Waals surface area contributed by atoms with Crippen molar-refractivity contribution in [3.63, 3.8) is 0 Å². The first kappa shape index (κ1) is 22.8. The van der Waals surface area contributed by atoms with Gasteiger partial charge in [0.1, 0.15) is 12.4 Å². The Hall–Kier alpha value is -4.33. The Morgan fingerprint density at radius 2 is 1.71 bits per heavy atom. The van der Waals surface area contributed by atoms with Gasteiger partial charge in [0, 0.05) is 11.1 Å². The van der Waals surface area contributed by atoms with Gasteiger partial charge >= 0.3 is 5.97 Å². The van der Waals surface area contributed by atoms with Crippen molar-refractivity contribution in [2.45, 2.75) is 13.8 Å².